The smallest absolute Gasteiger partial charge is 0.340 e. The molecule has 1 aromatic carbocycles. The molecule has 0 radical (unpaired) electrons. The molecule has 0 N–H and O–H groups in total. The third kappa shape index (κ3) is 3.65. The molecule has 2 unspecified atom stereocenters. The van der Waals surface area contributed by atoms with Gasteiger partial charge in [0.25, 0.3) is 0 Å². The highest BCUT2D eigenvalue weighted by Gasteiger charge is 2.40. The maximum atomic E-state index is 14.0. The molecule has 142 valence electrons. The maximum Gasteiger partial charge on any atom is 0.340 e. The number of aliphatic imine (C=N–C) groups is 2. The normalized spacial score (nSPS) is 22.7. The van der Waals surface area contributed by atoms with E-state index in [-0.39, 0.29) is 36.5 Å². The number of allylic oxidation sites excluding steroid dienone is 2. The number of rotatable bonds is 5. The number of guanidine groups is 1. The van der Waals surface area contributed by atoms with Crippen LogP contribution in [0.3, 0.4) is 0 Å². The summed E-state index contributed by atoms with van der Waals surface area (Å²) in [6.45, 7) is 3.56. The van der Waals surface area contributed by atoms with E-state index < -0.39 is 4.65 Å². The van der Waals surface area contributed by atoms with Gasteiger partial charge in [0.1, 0.15) is 17.7 Å². The molecule has 0 aliphatic carbocycles. The summed E-state index contributed by atoms with van der Waals surface area (Å²) >= 11 is 3.38. The fraction of sp³-hybridized carbons (Fsp3) is 0.316. The van der Waals surface area contributed by atoms with Gasteiger partial charge >= 0.3 is 11.9 Å². The fourth-order valence-corrected chi connectivity index (χ4v) is 3.44. The Kier molecular flexibility index (Phi) is 5.41. The minimum atomic E-state index is -0.951. The van der Waals surface area contributed by atoms with Crippen molar-refractivity contribution in [1.82, 2.24) is 0 Å². The van der Waals surface area contributed by atoms with Crippen molar-refractivity contribution in [2.45, 2.75) is 26.7 Å². The molecule has 2 aliphatic heterocycles. The standard InChI is InChI=1S/C19H19BrFN3O3/c1-11(8-17(25)27-3)16-10-24(26)18(20)12(2)15(22-19(24)23-16)9-13-6-4-5-7-14(13)21/h4-7,10-11H,8-9H2,1-3H3. The van der Waals surface area contributed by atoms with E-state index in [0.29, 0.717) is 27.2 Å². The summed E-state index contributed by atoms with van der Waals surface area (Å²) in [7, 11) is 1.32. The molecular weight excluding hydrogens is 417 g/mol. The molecule has 3 rings (SSSR count). The van der Waals surface area contributed by atoms with Gasteiger partial charge in [-0.05, 0) is 18.6 Å². The second-order valence-corrected chi connectivity index (χ2v) is 7.30. The van der Waals surface area contributed by atoms with Crippen molar-refractivity contribution in [3.8, 4) is 0 Å². The van der Waals surface area contributed by atoms with Crippen LogP contribution in [0.15, 0.2) is 56.3 Å². The van der Waals surface area contributed by atoms with Gasteiger partial charge in [-0.1, -0.05) is 25.1 Å². The van der Waals surface area contributed by atoms with Crippen LogP contribution in [0.25, 0.3) is 0 Å². The van der Waals surface area contributed by atoms with Gasteiger partial charge in [-0.3, -0.25) is 4.79 Å². The number of hydrogen-bond acceptors (Lipinski definition) is 5. The second-order valence-electron chi connectivity index (χ2n) is 6.55. The summed E-state index contributed by atoms with van der Waals surface area (Å²) in [5.74, 6) is -0.937. The topological polar surface area (TPSA) is 74.1 Å². The lowest BCUT2D eigenvalue weighted by atomic mass is 10.0. The largest absolute Gasteiger partial charge is 0.614 e. The predicted molar refractivity (Wildman–Crippen MR) is 104 cm³/mol. The van der Waals surface area contributed by atoms with Crippen molar-refractivity contribution in [3.63, 3.8) is 0 Å². The van der Waals surface area contributed by atoms with Crippen LogP contribution in [0, 0.1) is 16.9 Å². The molecule has 6 nitrogen and oxygen atoms in total. The molecule has 0 saturated heterocycles. The molecule has 8 heteroatoms. The van der Waals surface area contributed by atoms with E-state index in [9.17, 15) is 14.4 Å². The van der Waals surface area contributed by atoms with Gasteiger partial charge in [0, 0.05) is 33.8 Å². The fourth-order valence-electron chi connectivity index (χ4n) is 2.95. The van der Waals surface area contributed by atoms with Crippen LogP contribution in [-0.4, -0.2) is 29.4 Å². The Hall–Kier alpha value is -2.16. The van der Waals surface area contributed by atoms with E-state index in [4.69, 9.17) is 0 Å². The van der Waals surface area contributed by atoms with Crippen molar-refractivity contribution in [2.24, 2.45) is 15.9 Å². The lowest BCUT2D eigenvalue weighted by Gasteiger charge is -2.36. The van der Waals surface area contributed by atoms with E-state index in [1.54, 1.807) is 32.0 Å². The summed E-state index contributed by atoms with van der Waals surface area (Å²) in [6.07, 6.45) is 1.80. The Balaban J connectivity index is 1.94. The first-order valence-electron chi connectivity index (χ1n) is 8.43. The molecule has 0 fully saturated rings. The van der Waals surface area contributed by atoms with E-state index in [1.807, 2.05) is 0 Å². The van der Waals surface area contributed by atoms with E-state index in [2.05, 4.69) is 30.7 Å². The van der Waals surface area contributed by atoms with Gasteiger partial charge in [0.2, 0.25) is 0 Å². The molecular formula is C19H19BrFN3O3. The van der Waals surface area contributed by atoms with Crippen LogP contribution in [0.4, 0.5) is 4.39 Å². The Bertz CT molecular complexity index is 923. The molecule has 2 heterocycles. The number of ether oxygens (including phenoxy) is 1. The number of benzene rings is 1. The Morgan fingerprint density at radius 3 is 2.74 bits per heavy atom. The quantitative estimate of drug-likeness (QED) is 0.301. The molecule has 0 aromatic heterocycles. The molecule has 1 aromatic rings. The Labute approximate surface area is 165 Å². The average Bonchev–Trinajstić information content (AvgIpc) is 2.99. The number of methoxy groups -OCH3 is 1. The third-order valence-electron chi connectivity index (χ3n) is 4.63. The number of carbonyl (C=O) groups excluding carboxylic acids is 1. The lowest BCUT2D eigenvalue weighted by Crippen LogP contribution is -2.41. The predicted octanol–water partition coefficient (Wildman–Crippen LogP) is 4.17. The van der Waals surface area contributed by atoms with Gasteiger partial charge in [-0.15, -0.1) is 0 Å². The van der Waals surface area contributed by atoms with Crippen LogP contribution in [0.1, 0.15) is 25.8 Å². The molecule has 2 aliphatic rings. The Morgan fingerprint density at radius 2 is 2.07 bits per heavy atom. The van der Waals surface area contributed by atoms with Gasteiger partial charge < -0.3 is 9.94 Å². The van der Waals surface area contributed by atoms with E-state index >= 15 is 0 Å². The van der Waals surface area contributed by atoms with E-state index in [1.165, 1.54) is 19.4 Å². The number of hydroxylamine groups is 3. The first-order chi connectivity index (χ1) is 12.8. The summed E-state index contributed by atoms with van der Waals surface area (Å²) in [4.78, 5) is 20.3. The minimum Gasteiger partial charge on any atom is -0.614 e. The van der Waals surface area contributed by atoms with Gasteiger partial charge in [-0.25, -0.2) is 9.04 Å². The highest BCUT2D eigenvalue weighted by atomic mass is 79.9. The van der Waals surface area contributed by atoms with E-state index in [0.717, 1.165) is 0 Å². The second kappa shape index (κ2) is 7.46. The molecule has 27 heavy (non-hydrogen) atoms. The molecule has 2 atom stereocenters. The molecule has 0 spiro atoms. The Morgan fingerprint density at radius 1 is 1.37 bits per heavy atom. The number of hydrogen-bond donors (Lipinski definition) is 0. The van der Waals surface area contributed by atoms with Gasteiger partial charge in [0.05, 0.1) is 19.2 Å². The number of carbonyl (C=O) groups is 1. The average molecular weight is 436 g/mol. The summed E-state index contributed by atoms with van der Waals surface area (Å²) in [5.41, 5.74) is 2.19. The summed E-state index contributed by atoms with van der Waals surface area (Å²) < 4.78 is 18.1. The van der Waals surface area contributed by atoms with Gasteiger partial charge in [0.15, 0.2) is 4.61 Å². The first-order valence-corrected chi connectivity index (χ1v) is 9.22. The van der Waals surface area contributed by atoms with Crippen molar-refractivity contribution < 1.29 is 18.6 Å². The maximum absolute atomic E-state index is 14.0. The van der Waals surface area contributed by atoms with Crippen molar-refractivity contribution in [2.75, 3.05) is 7.11 Å². The van der Waals surface area contributed by atoms with Crippen LogP contribution in [0.5, 0.6) is 0 Å². The first kappa shape index (κ1) is 19.6. The van der Waals surface area contributed by atoms with Crippen LogP contribution >= 0.6 is 15.9 Å². The highest BCUT2D eigenvalue weighted by Crippen LogP contribution is 2.39. The highest BCUT2D eigenvalue weighted by molar-refractivity contribution is 9.11. The number of nitrogens with zero attached hydrogens (tertiary/aromatic N) is 3. The summed E-state index contributed by atoms with van der Waals surface area (Å²) in [6, 6.07) is 6.46. The monoisotopic (exact) mass is 435 g/mol. The number of quaternary nitrogens is 1. The zero-order chi connectivity index (χ0) is 19.8. The molecule has 0 saturated carbocycles. The molecule has 0 amide bonds. The SMILES string of the molecule is COC(=O)CC(C)C1=C[N+]2([O-])C(=N1)N=C(Cc1ccccc1F)C(C)=C2Br. The zero-order valence-electron chi connectivity index (χ0n) is 15.2. The van der Waals surface area contributed by atoms with Crippen LogP contribution in [0.2, 0.25) is 0 Å². The van der Waals surface area contributed by atoms with Crippen molar-refractivity contribution in [1.29, 1.82) is 0 Å². The summed E-state index contributed by atoms with van der Waals surface area (Å²) in [5, 5.41) is 13.3. The zero-order valence-corrected chi connectivity index (χ0v) is 16.8. The van der Waals surface area contributed by atoms with Crippen molar-refractivity contribution >= 4 is 33.6 Å². The van der Waals surface area contributed by atoms with Gasteiger partial charge in [-0.2, -0.15) is 9.98 Å². The number of halogens is 2. The van der Waals surface area contributed by atoms with Crippen molar-refractivity contribution in [3.05, 3.63) is 62.9 Å². The van der Waals surface area contributed by atoms with Crippen LogP contribution < -0.4 is 0 Å². The lowest BCUT2D eigenvalue weighted by molar-refractivity contribution is -0.676. The number of fused-ring (bicyclic) bond motifs is 1. The number of esters is 1. The molecule has 0 bridgehead atoms. The van der Waals surface area contributed by atoms with Crippen LogP contribution in [-0.2, 0) is 16.0 Å². The third-order valence-corrected chi connectivity index (χ3v) is 5.75. The minimum absolute atomic E-state index is 0.0468.